The Bertz CT molecular complexity index is 394. The Morgan fingerprint density at radius 1 is 1.33 bits per heavy atom. The van der Waals surface area contributed by atoms with E-state index >= 15 is 0 Å². The molecule has 3 atom stereocenters. The third kappa shape index (κ3) is 2.64. The molecule has 0 radical (unpaired) electrons. The molecule has 1 aromatic rings. The highest BCUT2D eigenvalue weighted by Gasteiger charge is 2.39. The minimum absolute atomic E-state index is 0.568. The standard InChI is InChI=1S/C16H26N2/c1-12(2)17-9-14-5-6-18(10-14)11-16-8-13-3-4-15(16)7-13/h5-6,10,12-13,15-17H,3-4,7-9,11H2,1-2H3. The summed E-state index contributed by atoms with van der Waals surface area (Å²) in [4.78, 5) is 0. The van der Waals surface area contributed by atoms with Crippen molar-refractivity contribution < 1.29 is 0 Å². The maximum atomic E-state index is 3.48. The molecule has 18 heavy (non-hydrogen) atoms. The molecule has 2 bridgehead atoms. The maximum Gasteiger partial charge on any atom is 0.0250 e. The Labute approximate surface area is 111 Å². The highest BCUT2D eigenvalue weighted by atomic mass is 15.0. The summed E-state index contributed by atoms with van der Waals surface area (Å²) >= 11 is 0. The van der Waals surface area contributed by atoms with Crippen LogP contribution in [0.3, 0.4) is 0 Å². The van der Waals surface area contributed by atoms with Crippen LogP contribution in [0.15, 0.2) is 18.5 Å². The van der Waals surface area contributed by atoms with Gasteiger partial charge in [-0.05, 0) is 48.6 Å². The van der Waals surface area contributed by atoms with Crippen molar-refractivity contribution in [1.29, 1.82) is 0 Å². The second-order valence-electron chi connectivity index (χ2n) is 6.69. The molecule has 0 aromatic carbocycles. The second-order valence-corrected chi connectivity index (χ2v) is 6.69. The first-order valence-electron chi connectivity index (χ1n) is 7.58. The molecule has 2 saturated carbocycles. The van der Waals surface area contributed by atoms with Crippen LogP contribution in [0, 0.1) is 17.8 Å². The van der Waals surface area contributed by atoms with Gasteiger partial charge in [0.2, 0.25) is 0 Å². The van der Waals surface area contributed by atoms with E-state index < -0.39 is 0 Å². The zero-order valence-corrected chi connectivity index (χ0v) is 11.7. The van der Waals surface area contributed by atoms with Gasteiger partial charge in [-0.3, -0.25) is 0 Å². The van der Waals surface area contributed by atoms with Crippen LogP contribution in [0.4, 0.5) is 0 Å². The van der Waals surface area contributed by atoms with Gasteiger partial charge in [-0.15, -0.1) is 0 Å². The molecule has 3 unspecified atom stereocenters. The van der Waals surface area contributed by atoms with Gasteiger partial charge in [0.15, 0.2) is 0 Å². The van der Waals surface area contributed by atoms with E-state index in [9.17, 15) is 0 Å². The molecule has 0 spiro atoms. The molecule has 2 nitrogen and oxygen atoms in total. The summed E-state index contributed by atoms with van der Waals surface area (Å²) in [7, 11) is 0. The molecule has 2 aliphatic rings. The number of hydrogen-bond donors (Lipinski definition) is 1. The molecule has 1 N–H and O–H groups in total. The predicted octanol–water partition coefficient (Wildman–Crippen LogP) is 3.42. The quantitative estimate of drug-likeness (QED) is 0.842. The molecule has 0 aliphatic heterocycles. The van der Waals surface area contributed by atoms with E-state index in [4.69, 9.17) is 0 Å². The third-order valence-corrected chi connectivity index (χ3v) is 4.86. The molecule has 2 fully saturated rings. The average molecular weight is 246 g/mol. The minimum Gasteiger partial charge on any atom is -0.354 e. The van der Waals surface area contributed by atoms with E-state index in [-0.39, 0.29) is 0 Å². The van der Waals surface area contributed by atoms with Crippen molar-refractivity contribution in [1.82, 2.24) is 9.88 Å². The summed E-state index contributed by atoms with van der Waals surface area (Å²) in [6.45, 7) is 6.66. The van der Waals surface area contributed by atoms with Crippen LogP contribution < -0.4 is 5.32 Å². The lowest BCUT2D eigenvalue weighted by Gasteiger charge is -2.22. The van der Waals surface area contributed by atoms with Gasteiger partial charge < -0.3 is 9.88 Å². The monoisotopic (exact) mass is 246 g/mol. The van der Waals surface area contributed by atoms with Crippen molar-refractivity contribution >= 4 is 0 Å². The largest absolute Gasteiger partial charge is 0.354 e. The topological polar surface area (TPSA) is 17.0 Å². The Hall–Kier alpha value is -0.760. The van der Waals surface area contributed by atoms with E-state index in [0.717, 1.165) is 24.3 Å². The van der Waals surface area contributed by atoms with Crippen molar-refractivity contribution in [3.63, 3.8) is 0 Å². The van der Waals surface area contributed by atoms with Crippen LogP contribution in [-0.4, -0.2) is 10.6 Å². The van der Waals surface area contributed by atoms with E-state index in [2.05, 4.69) is 42.2 Å². The van der Waals surface area contributed by atoms with Gasteiger partial charge in [-0.1, -0.05) is 20.3 Å². The normalized spacial score (nSPS) is 30.5. The lowest BCUT2D eigenvalue weighted by molar-refractivity contribution is 0.296. The number of fused-ring (bicyclic) bond motifs is 2. The van der Waals surface area contributed by atoms with Crippen molar-refractivity contribution in [3.8, 4) is 0 Å². The number of rotatable bonds is 5. The van der Waals surface area contributed by atoms with E-state index in [0.29, 0.717) is 6.04 Å². The Balaban J connectivity index is 1.54. The summed E-state index contributed by atoms with van der Waals surface area (Å²) < 4.78 is 2.42. The summed E-state index contributed by atoms with van der Waals surface area (Å²) in [5.41, 5.74) is 1.42. The highest BCUT2D eigenvalue weighted by Crippen LogP contribution is 2.48. The molecule has 0 amide bonds. The van der Waals surface area contributed by atoms with Crippen LogP contribution >= 0.6 is 0 Å². The van der Waals surface area contributed by atoms with Gasteiger partial charge in [-0.2, -0.15) is 0 Å². The second kappa shape index (κ2) is 5.08. The Morgan fingerprint density at radius 3 is 2.89 bits per heavy atom. The van der Waals surface area contributed by atoms with Gasteiger partial charge >= 0.3 is 0 Å². The van der Waals surface area contributed by atoms with Crippen molar-refractivity contribution in [2.75, 3.05) is 0 Å². The summed E-state index contributed by atoms with van der Waals surface area (Å²) in [6.07, 6.45) is 10.6. The van der Waals surface area contributed by atoms with E-state index in [1.807, 2.05) is 0 Å². The molecule has 2 heteroatoms. The first kappa shape index (κ1) is 12.3. The number of aromatic nitrogens is 1. The summed E-state index contributed by atoms with van der Waals surface area (Å²) in [6, 6.07) is 2.83. The van der Waals surface area contributed by atoms with Crippen LogP contribution in [0.25, 0.3) is 0 Å². The molecule has 2 aliphatic carbocycles. The van der Waals surface area contributed by atoms with Crippen molar-refractivity contribution in [2.45, 2.75) is 58.7 Å². The fraction of sp³-hybridized carbons (Fsp3) is 0.750. The number of nitrogens with one attached hydrogen (secondary N) is 1. The Morgan fingerprint density at radius 2 is 2.22 bits per heavy atom. The fourth-order valence-corrected chi connectivity index (χ4v) is 3.90. The summed E-state index contributed by atoms with van der Waals surface area (Å²) in [5.74, 6) is 3.06. The molecule has 0 saturated heterocycles. The zero-order valence-electron chi connectivity index (χ0n) is 11.7. The number of hydrogen-bond acceptors (Lipinski definition) is 1. The van der Waals surface area contributed by atoms with Gasteiger partial charge in [-0.25, -0.2) is 0 Å². The predicted molar refractivity (Wildman–Crippen MR) is 75.3 cm³/mol. The maximum absolute atomic E-state index is 3.48. The third-order valence-electron chi connectivity index (χ3n) is 4.86. The molecular formula is C16H26N2. The van der Waals surface area contributed by atoms with Crippen LogP contribution in [0.2, 0.25) is 0 Å². The molecule has 1 aromatic heterocycles. The highest BCUT2D eigenvalue weighted by molar-refractivity contribution is 5.10. The van der Waals surface area contributed by atoms with Crippen molar-refractivity contribution in [3.05, 3.63) is 24.0 Å². The van der Waals surface area contributed by atoms with Gasteiger partial charge in [0.05, 0.1) is 0 Å². The molecule has 100 valence electrons. The van der Waals surface area contributed by atoms with Crippen LogP contribution in [-0.2, 0) is 13.1 Å². The van der Waals surface area contributed by atoms with Gasteiger partial charge in [0.25, 0.3) is 0 Å². The first-order chi connectivity index (χ1) is 8.70. The molecule has 1 heterocycles. The van der Waals surface area contributed by atoms with Gasteiger partial charge in [0.1, 0.15) is 0 Å². The number of nitrogens with zero attached hydrogens (tertiary/aromatic N) is 1. The van der Waals surface area contributed by atoms with E-state index in [1.54, 1.807) is 0 Å². The van der Waals surface area contributed by atoms with Crippen molar-refractivity contribution in [2.24, 2.45) is 17.8 Å². The molecule has 3 rings (SSSR count). The summed E-state index contributed by atoms with van der Waals surface area (Å²) in [5, 5.41) is 3.48. The Kier molecular flexibility index (Phi) is 3.47. The average Bonchev–Trinajstić information content (AvgIpc) is 3.02. The zero-order chi connectivity index (χ0) is 12.5. The minimum atomic E-state index is 0.568. The smallest absolute Gasteiger partial charge is 0.0250 e. The van der Waals surface area contributed by atoms with Crippen LogP contribution in [0.1, 0.15) is 45.1 Å². The van der Waals surface area contributed by atoms with Gasteiger partial charge in [0, 0.05) is 31.5 Å². The van der Waals surface area contributed by atoms with Crippen LogP contribution in [0.5, 0.6) is 0 Å². The fourth-order valence-electron chi connectivity index (χ4n) is 3.90. The lowest BCUT2D eigenvalue weighted by atomic mass is 9.89. The molecular weight excluding hydrogens is 220 g/mol. The van der Waals surface area contributed by atoms with E-state index in [1.165, 1.54) is 37.8 Å². The lowest BCUT2D eigenvalue weighted by Crippen LogP contribution is -2.21. The SMILES string of the molecule is CC(C)NCc1ccn(CC2CC3CCC2C3)c1. The first-order valence-corrected chi connectivity index (χ1v) is 7.58.